The summed E-state index contributed by atoms with van der Waals surface area (Å²) < 4.78 is 0. The van der Waals surface area contributed by atoms with E-state index in [-0.39, 0.29) is 12.5 Å². The van der Waals surface area contributed by atoms with Gasteiger partial charge < -0.3 is 15.9 Å². The number of pyridine rings is 1. The first-order chi connectivity index (χ1) is 12.2. The molecule has 0 fully saturated rings. The number of rotatable bonds is 6. The highest BCUT2D eigenvalue weighted by Crippen LogP contribution is 2.21. The average molecular weight is 352 g/mol. The molecule has 3 N–H and O–H groups in total. The van der Waals surface area contributed by atoms with Crippen LogP contribution in [0.1, 0.15) is 20.2 Å². The first-order valence-electron chi connectivity index (χ1n) is 7.53. The Hall–Kier alpha value is -3.19. The molecule has 0 atom stereocenters. The predicted molar refractivity (Wildman–Crippen MR) is 99.7 cm³/mol. The molecular formula is C18H16N4O2S. The van der Waals surface area contributed by atoms with Gasteiger partial charge in [-0.25, -0.2) is 0 Å². The van der Waals surface area contributed by atoms with Crippen molar-refractivity contribution in [1.82, 2.24) is 4.98 Å². The summed E-state index contributed by atoms with van der Waals surface area (Å²) in [7, 11) is 0. The Balaban J connectivity index is 1.54. The molecule has 0 aliphatic rings. The highest BCUT2D eigenvalue weighted by molar-refractivity contribution is 7.14. The fourth-order valence-electron chi connectivity index (χ4n) is 2.02. The van der Waals surface area contributed by atoms with Crippen molar-refractivity contribution in [2.45, 2.75) is 6.61 Å². The highest BCUT2D eigenvalue weighted by Gasteiger charge is 2.11. The van der Waals surface area contributed by atoms with Gasteiger partial charge in [-0.05, 0) is 36.4 Å². The maximum absolute atomic E-state index is 12.3. The fourth-order valence-corrected chi connectivity index (χ4v) is 2.83. The zero-order chi connectivity index (χ0) is 17.5. The van der Waals surface area contributed by atoms with Gasteiger partial charge in [0.1, 0.15) is 0 Å². The molecule has 6 nitrogen and oxygen atoms in total. The number of amides is 1. The molecule has 7 heteroatoms. The summed E-state index contributed by atoms with van der Waals surface area (Å²) in [6, 6.07) is 16.3. The Morgan fingerprint density at radius 2 is 2.04 bits per heavy atom. The molecule has 1 aromatic carbocycles. The first-order valence-corrected chi connectivity index (χ1v) is 8.35. The van der Waals surface area contributed by atoms with Crippen LogP contribution in [-0.2, 0) is 11.4 Å². The summed E-state index contributed by atoms with van der Waals surface area (Å²) in [6.45, 7) is 0.286. The van der Waals surface area contributed by atoms with Gasteiger partial charge in [0.05, 0.1) is 28.2 Å². The molecule has 2 heterocycles. The molecule has 126 valence electrons. The lowest BCUT2D eigenvalue weighted by Gasteiger charge is -2.06. The van der Waals surface area contributed by atoms with Crippen LogP contribution in [0.5, 0.6) is 0 Å². The number of thiophene rings is 1. The van der Waals surface area contributed by atoms with Crippen LogP contribution < -0.4 is 11.1 Å². The van der Waals surface area contributed by atoms with E-state index in [4.69, 9.17) is 10.6 Å². The predicted octanol–water partition coefficient (Wildman–Crippen LogP) is 3.53. The van der Waals surface area contributed by atoms with Crippen molar-refractivity contribution in [3.05, 3.63) is 76.2 Å². The van der Waals surface area contributed by atoms with Gasteiger partial charge in [-0.15, -0.1) is 11.3 Å². The molecule has 0 radical (unpaired) electrons. The molecule has 0 unspecified atom stereocenters. The molecule has 0 bridgehead atoms. The van der Waals surface area contributed by atoms with Gasteiger partial charge in [-0.2, -0.15) is 0 Å². The molecule has 25 heavy (non-hydrogen) atoms. The van der Waals surface area contributed by atoms with Crippen LogP contribution in [0.25, 0.3) is 0 Å². The quantitative estimate of drug-likeness (QED) is 0.403. The highest BCUT2D eigenvalue weighted by atomic mass is 32.1. The number of carbonyl (C=O) groups excluding carboxylic acids is 1. The van der Waals surface area contributed by atoms with Crippen molar-refractivity contribution in [3.8, 4) is 0 Å². The summed E-state index contributed by atoms with van der Waals surface area (Å²) in [5, 5.41) is 6.67. The van der Waals surface area contributed by atoms with Crippen molar-refractivity contribution in [2.75, 3.05) is 11.1 Å². The molecule has 1 amide bonds. The zero-order valence-electron chi connectivity index (χ0n) is 13.3. The lowest BCUT2D eigenvalue weighted by atomic mass is 10.2. The van der Waals surface area contributed by atoms with E-state index in [1.807, 2.05) is 36.4 Å². The van der Waals surface area contributed by atoms with Crippen LogP contribution >= 0.6 is 11.3 Å². The number of anilines is 2. The van der Waals surface area contributed by atoms with E-state index < -0.39 is 0 Å². The minimum atomic E-state index is -0.203. The normalized spacial score (nSPS) is 10.7. The van der Waals surface area contributed by atoms with Crippen molar-refractivity contribution in [2.24, 2.45) is 5.16 Å². The van der Waals surface area contributed by atoms with Gasteiger partial charge in [0.15, 0.2) is 6.61 Å². The van der Waals surface area contributed by atoms with Crippen LogP contribution in [0.2, 0.25) is 0 Å². The summed E-state index contributed by atoms with van der Waals surface area (Å²) >= 11 is 1.34. The second-order valence-corrected chi connectivity index (χ2v) is 6.24. The number of nitrogens with zero attached hydrogens (tertiary/aromatic N) is 2. The molecule has 3 rings (SSSR count). The topological polar surface area (TPSA) is 89.6 Å². The average Bonchev–Trinajstić information content (AvgIpc) is 3.11. The Labute approximate surface area is 149 Å². The maximum atomic E-state index is 12.3. The molecule has 0 saturated heterocycles. The summed E-state index contributed by atoms with van der Waals surface area (Å²) in [5.41, 5.74) is 7.67. The first kappa shape index (κ1) is 16.7. The number of hydrogen-bond acceptors (Lipinski definition) is 6. The number of para-hydroxylation sites is 2. The van der Waals surface area contributed by atoms with Crippen LogP contribution in [0.3, 0.4) is 0 Å². The van der Waals surface area contributed by atoms with Crippen molar-refractivity contribution in [1.29, 1.82) is 0 Å². The number of nitrogens with two attached hydrogens (primary N) is 1. The smallest absolute Gasteiger partial charge is 0.265 e. The third-order valence-electron chi connectivity index (χ3n) is 3.25. The van der Waals surface area contributed by atoms with Gasteiger partial charge in [-0.3, -0.25) is 9.78 Å². The molecule has 2 aromatic heterocycles. The van der Waals surface area contributed by atoms with Gasteiger partial charge in [0, 0.05) is 11.1 Å². The molecule has 0 aliphatic carbocycles. The number of nitrogen functional groups attached to an aromatic ring is 1. The number of oxime groups is 1. The number of carbonyl (C=O) groups is 1. The largest absolute Gasteiger partial charge is 0.397 e. The number of nitrogens with one attached hydrogen (secondary N) is 1. The van der Waals surface area contributed by atoms with Gasteiger partial charge in [-0.1, -0.05) is 23.4 Å². The van der Waals surface area contributed by atoms with Crippen LogP contribution in [0.4, 0.5) is 11.4 Å². The molecule has 3 aromatic rings. The Morgan fingerprint density at radius 1 is 1.20 bits per heavy atom. The van der Waals surface area contributed by atoms with Crippen LogP contribution in [0.15, 0.2) is 65.9 Å². The molecule has 0 saturated carbocycles. The third kappa shape index (κ3) is 4.65. The lowest BCUT2D eigenvalue weighted by Crippen LogP contribution is -2.11. The fraction of sp³-hybridized carbons (Fsp3) is 0.0556. The van der Waals surface area contributed by atoms with Gasteiger partial charge in [0.2, 0.25) is 0 Å². The molecule has 0 aliphatic heterocycles. The van der Waals surface area contributed by atoms with E-state index in [2.05, 4.69) is 15.5 Å². The Bertz CT molecular complexity index is 878. The van der Waals surface area contributed by atoms with Crippen LogP contribution in [-0.4, -0.2) is 17.1 Å². The van der Waals surface area contributed by atoms with Crippen molar-refractivity contribution >= 4 is 34.8 Å². The second kappa shape index (κ2) is 8.07. The molecular weight excluding hydrogens is 336 g/mol. The molecule has 0 spiro atoms. The number of hydrogen-bond donors (Lipinski definition) is 2. The Morgan fingerprint density at radius 3 is 2.84 bits per heavy atom. The van der Waals surface area contributed by atoms with E-state index >= 15 is 0 Å². The van der Waals surface area contributed by atoms with Crippen molar-refractivity contribution < 1.29 is 9.63 Å². The minimum Gasteiger partial charge on any atom is -0.397 e. The van der Waals surface area contributed by atoms with E-state index in [9.17, 15) is 4.79 Å². The summed E-state index contributed by atoms with van der Waals surface area (Å²) in [5.74, 6) is -0.203. The van der Waals surface area contributed by atoms with Crippen molar-refractivity contribution in [3.63, 3.8) is 0 Å². The lowest BCUT2D eigenvalue weighted by molar-refractivity contribution is 0.103. The number of benzene rings is 1. The number of aromatic nitrogens is 1. The summed E-state index contributed by atoms with van der Waals surface area (Å²) in [4.78, 5) is 23.1. The Kier molecular flexibility index (Phi) is 5.38. The van der Waals surface area contributed by atoms with E-state index in [0.717, 1.165) is 4.88 Å². The van der Waals surface area contributed by atoms with Gasteiger partial charge >= 0.3 is 0 Å². The second-order valence-electron chi connectivity index (χ2n) is 5.07. The zero-order valence-corrected chi connectivity index (χ0v) is 14.1. The monoisotopic (exact) mass is 352 g/mol. The maximum Gasteiger partial charge on any atom is 0.265 e. The minimum absolute atomic E-state index is 0.203. The van der Waals surface area contributed by atoms with Gasteiger partial charge in [0.25, 0.3) is 5.91 Å². The summed E-state index contributed by atoms with van der Waals surface area (Å²) in [6.07, 6.45) is 3.23. The standard InChI is InChI=1S/C18H16N4O2S/c19-15-6-1-2-7-16(15)22-18(23)17-9-8-14(25-17)12-24-21-11-13-5-3-4-10-20-13/h1-11H,12,19H2,(H,22,23)/b21-11+. The third-order valence-corrected chi connectivity index (χ3v) is 4.31. The van der Waals surface area contributed by atoms with E-state index in [0.29, 0.717) is 21.9 Å². The van der Waals surface area contributed by atoms with Crippen LogP contribution in [0, 0.1) is 0 Å². The van der Waals surface area contributed by atoms with E-state index in [1.165, 1.54) is 11.3 Å². The van der Waals surface area contributed by atoms with E-state index in [1.54, 1.807) is 30.6 Å². The SMILES string of the molecule is Nc1ccccc1NC(=O)c1ccc(CO/N=C/c2ccccn2)s1.